The molecule has 0 spiro atoms. The van der Waals surface area contributed by atoms with Gasteiger partial charge < -0.3 is 5.11 Å². The van der Waals surface area contributed by atoms with Gasteiger partial charge in [0.15, 0.2) is 11.2 Å². The van der Waals surface area contributed by atoms with Crippen LogP contribution in [0, 0.1) is 0 Å². The Morgan fingerprint density at radius 2 is 1.80 bits per heavy atom. The van der Waals surface area contributed by atoms with Crippen LogP contribution in [-0.4, -0.2) is 35.3 Å². The lowest BCUT2D eigenvalue weighted by molar-refractivity contribution is 0.0627. The van der Waals surface area contributed by atoms with E-state index in [0.717, 1.165) is 23.8 Å². The van der Waals surface area contributed by atoms with Gasteiger partial charge in [0.1, 0.15) is 0 Å². The molecule has 0 unspecified atom stereocenters. The smallest absolute Gasteiger partial charge is 0.332 e. The van der Waals surface area contributed by atoms with E-state index < -0.39 is 17.4 Å². The lowest BCUT2D eigenvalue weighted by Crippen LogP contribution is -2.36. The third-order valence-electron chi connectivity index (χ3n) is 4.00. The summed E-state index contributed by atoms with van der Waals surface area (Å²) in [7, 11) is 2.97. The topological polar surface area (TPSA) is 94.9 Å². The fourth-order valence-electron chi connectivity index (χ4n) is 2.75. The first-order valence-corrected chi connectivity index (χ1v) is 6.71. The standard InChI is InChI=1S/C12H17N5O3/c1-15-10-9(11(19)16(2)12(15)20)13-17(14-10)7-5-3-4-6-8(7)18/h7-8,18H,3-6H2,1-2H3/t7-,8-/m0/s1. The lowest BCUT2D eigenvalue weighted by atomic mass is 9.93. The second-order valence-corrected chi connectivity index (χ2v) is 5.32. The van der Waals surface area contributed by atoms with Crippen LogP contribution >= 0.6 is 0 Å². The third kappa shape index (κ3) is 1.79. The minimum Gasteiger partial charge on any atom is -0.391 e. The summed E-state index contributed by atoms with van der Waals surface area (Å²) in [6.45, 7) is 0. The number of hydrogen-bond donors (Lipinski definition) is 1. The van der Waals surface area contributed by atoms with Gasteiger partial charge in [0.2, 0.25) is 0 Å². The van der Waals surface area contributed by atoms with Crippen LogP contribution in [0.4, 0.5) is 0 Å². The molecular weight excluding hydrogens is 262 g/mol. The number of nitrogens with zero attached hydrogens (tertiary/aromatic N) is 5. The normalized spacial score (nSPS) is 23.4. The largest absolute Gasteiger partial charge is 0.391 e. The van der Waals surface area contributed by atoms with Gasteiger partial charge in [0.05, 0.1) is 12.1 Å². The average Bonchev–Trinajstić information content (AvgIpc) is 2.88. The zero-order valence-electron chi connectivity index (χ0n) is 11.5. The molecule has 1 saturated carbocycles. The van der Waals surface area contributed by atoms with Crippen LogP contribution in [0.5, 0.6) is 0 Å². The molecule has 20 heavy (non-hydrogen) atoms. The Bertz CT molecular complexity index is 772. The van der Waals surface area contributed by atoms with Crippen LogP contribution in [-0.2, 0) is 14.1 Å². The fourth-order valence-corrected chi connectivity index (χ4v) is 2.75. The minimum atomic E-state index is -0.508. The summed E-state index contributed by atoms with van der Waals surface area (Å²) in [4.78, 5) is 25.3. The van der Waals surface area contributed by atoms with Crippen molar-refractivity contribution in [3.63, 3.8) is 0 Å². The Labute approximate surface area is 114 Å². The molecule has 2 heterocycles. The Balaban J connectivity index is 2.21. The summed E-state index contributed by atoms with van der Waals surface area (Å²) in [5, 5.41) is 18.5. The van der Waals surface area contributed by atoms with Crippen molar-refractivity contribution in [1.29, 1.82) is 0 Å². The highest BCUT2D eigenvalue weighted by Crippen LogP contribution is 2.27. The first-order valence-electron chi connectivity index (χ1n) is 6.71. The molecule has 0 amide bonds. The second kappa shape index (κ2) is 4.55. The number of aliphatic hydroxyl groups is 1. The van der Waals surface area contributed by atoms with E-state index in [1.165, 1.54) is 16.4 Å². The molecule has 108 valence electrons. The predicted molar refractivity (Wildman–Crippen MR) is 71.5 cm³/mol. The minimum absolute atomic E-state index is 0.160. The molecule has 0 saturated heterocycles. The molecule has 1 aliphatic carbocycles. The van der Waals surface area contributed by atoms with E-state index in [1.807, 2.05) is 0 Å². The van der Waals surface area contributed by atoms with Crippen LogP contribution in [0.2, 0.25) is 0 Å². The Hall–Kier alpha value is -1.96. The number of hydrogen-bond acceptors (Lipinski definition) is 5. The van der Waals surface area contributed by atoms with Crippen LogP contribution in [0.1, 0.15) is 31.7 Å². The molecule has 2 aromatic rings. The van der Waals surface area contributed by atoms with Crippen molar-refractivity contribution in [2.45, 2.75) is 37.8 Å². The maximum absolute atomic E-state index is 12.1. The van der Waals surface area contributed by atoms with Gasteiger partial charge >= 0.3 is 5.69 Å². The van der Waals surface area contributed by atoms with Gasteiger partial charge in [-0.05, 0) is 12.8 Å². The Morgan fingerprint density at radius 3 is 2.50 bits per heavy atom. The highest BCUT2D eigenvalue weighted by atomic mass is 16.3. The van der Waals surface area contributed by atoms with E-state index in [-0.39, 0.29) is 17.2 Å². The van der Waals surface area contributed by atoms with Crippen LogP contribution in [0.15, 0.2) is 9.59 Å². The summed E-state index contributed by atoms with van der Waals surface area (Å²) < 4.78 is 2.31. The Kier molecular flexibility index (Phi) is 2.97. The molecule has 8 nitrogen and oxygen atoms in total. The van der Waals surface area contributed by atoms with Crippen molar-refractivity contribution >= 4 is 11.2 Å². The van der Waals surface area contributed by atoms with Crippen LogP contribution < -0.4 is 11.2 Å². The van der Waals surface area contributed by atoms with E-state index in [9.17, 15) is 14.7 Å². The molecule has 3 rings (SSSR count). The number of aliphatic hydroxyl groups excluding tert-OH is 1. The SMILES string of the molecule is Cn1c(=O)c2nn([C@H]3CCCC[C@@H]3O)nc2n(C)c1=O. The van der Waals surface area contributed by atoms with Gasteiger partial charge in [0, 0.05) is 14.1 Å². The summed E-state index contributed by atoms with van der Waals surface area (Å²) in [5.41, 5.74) is -0.471. The molecular formula is C12H17N5O3. The number of aromatic nitrogens is 5. The lowest BCUT2D eigenvalue weighted by Gasteiger charge is -2.26. The molecule has 0 bridgehead atoms. The zero-order valence-corrected chi connectivity index (χ0v) is 11.5. The van der Waals surface area contributed by atoms with Gasteiger partial charge in [-0.3, -0.25) is 13.9 Å². The molecule has 1 aliphatic rings. The third-order valence-corrected chi connectivity index (χ3v) is 4.00. The molecule has 0 aromatic carbocycles. The maximum Gasteiger partial charge on any atom is 0.332 e. The van der Waals surface area contributed by atoms with Crippen LogP contribution in [0.3, 0.4) is 0 Å². The van der Waals surface area contributed by atoms with Gasteiger partial charge in [-0.25, -0.2) is 4.79 Å². The van der Waals surface area contributed by atoms with Gasteiger partial charge in [-0.15, -0.1) is 10.2 Å². The second-order valence-electron chi connectivity index (χ2n) is 5.32. The molecule has 0 aliphatic heterocycles. The average molecular weight is 279 g/mol. The predicted octanol–water partition coefficient (Wildman–Crippen LogP) is -0.695. The molecule has 2 atom stereocenters. The summed E-state index contributed by atoms with van der Waals surface area (Å²) in [5.74, 6) is 0. The van der Waals surface area contributed by atoms with Crippen molar-refractivity contribution in [1.82, 2.24) is 24.1 Å². The fraction of sp³-hybridized carbons (Fsp3) is 0.667. The van der Waals surface area contributed by atoms with Crippen molar-refractivity contribution in [3.05, 3.63) is 20.8 Å². The molecule has 1 fully saturated rings. The summed E-state index contributed by atoms with van der Waals surface area (Å²) in [6.07, 6.45) is 2.96. The van der Waals surface area contributed by atoms with E-state index in [4.69, 9.17) is 0 Å². The van der Waals surface area contributed by atoms with Gasteiger partial charge in [0.25, 0.3) is 5.56 Å². The van der Waals surface area contributed by atoms with E-state index >= 15 is 0 Å². The first-order chi connectivity index (χ1) is 9.50. The van der Waals surface area contributed by atoms with Crippen molar-refractivity contribution in [3.8, 4) is 0 Å². The zero-order chi connectivity index (χ0) is 14.4. The van der Waals surface area contributed by atoms with Gasteiger partial charge in [-0.1, -0.05) is 12.8 Å². The summed E-state index contributed by atoms with van der Waals surface area (Å²) >= 11 is 0. The molecule has 0 radical (unpaired) electrons. The molecule has 1 N–H and O–H groups in total. The van der Waals surface area contributed by atoms with Crippen molar-refractivity contribution < 1.29 is 5.11 Å². The molecule has 8 heteroatoms. The van der Waals surface area contributed by atoms with E-state index in [1.54, 1.807) is 7.05 Å². The first kappa shape index (κ1) is 13.0. The van der Waals surface area contributed by atoms with E-state index in [2.05, 4.69) is 10.2 Å². The number of rotatable bonds is 1. The highest BCUT2D eigenvalue weighted by Gasteiger charge is 2.27. The number of aryl methyl sites for hydroxylation is 1. The quantitative estimate of drug-likeness (QED) is 0.745. The van der Waals surface area contributed by atoms with Crippen molar-refractivity contribution in [2.24, 2.45) is 14.1 Å². The monoisotopic (exact) mass is 279 g/mol. The van der Waals surface area contributed by atoms with Crippen LogP contribution in [0.25, 0.3) is 11.2 Å². The highest BCUT2D eigenvalue weighted by molar-refractivity contribution is 5.67. The maximum atomic E-state index is 12.1. The summed E-state index contributed by atoms with van der Waals surface area (Å²) in [6, 6.07) is -0.226. The number of fused-ring (bicyclic) bond motifs is 1. The Morgan fingerprint density at radius 1 is 1.10 bits per heavy atom. The molecule has 2 aromatic heterocycles. The van der Waals surface area contributed by atoms with E-state index in [0.29, 0.717) is 6.42 Å². The van der Waals surface area contributed by atoms with Gasteiger partial charge in [-0.2, -0.15) is 4.80 Å². The van der Waals surface area contributed by atoms with Crippen molar-refractivity contribution in [2.75, 3.05) is 0 Å².